The van der Waals surface area contributed by atoms with Crippen LogP contribution in [0.1, 0.15) is 31.2 Å². The van der Waals surface area contributed by atoms with Crippen molar-refractivity contribution >= 4 is 25.7 Å². The van der Waals surface area contributed by atoms with E-state index in [9.17, 15) is 22.0 Å². The normalized spacial score (nSPS) is 14.1. The average molecular weight is 394 g/mol. The summed E-state index contributed by atoms with van der Waals surface area (Å²) in [5.41, 5.74) is -0.120. The quantitative estimate of drug-likeness (QED) is 0.668. The van der Waals surface area contributed by atoms with Gasteiger partial charge in [-0.2, -0.15) is 0 Å². The first kappa shape index (κ1) is 19.3. The number of halogens is 3. The van der Waals surface area contributed by atoms with Crippen molar-refractivity contribution in [1.82, 2.24) is 14.9 Å². The number of carbonyl (C=O) groups is 1. The Balaban J connectivity index is 2.25. The van der Waals surface area contributed by atoms with Crippen molar-refractivity contribution in [3.8, 4) is 0 Å². The van der Waals surface area contributed by atoms with Crippen molar-refractivity contribution < 1.29 is 26.8 Å². The molecule has 1 heterocycles. The van der Waals surface area contributed by atoms with Gasteiger partial charge in [-0.1, -0.05) is 10.9 Å². The highest BCUT2D eigenvalue weighted by Crippen LogP contribution is 2.27. The minimum Gasteiger partial charge on any atom is -0.317 e. The number of nitrogens with zero attached hydrogens (tertiary/aromatic N) is 3. The fourth-order valence-electron chi connectivity index (χ4n) is 2.13. The van der Waals surface area contributed by atoms with E-state index >= 15 is 0 Å². The summed E-state index contributed by atoms with van der Waals surface area (Å²) in [5.74, 6) is -3.82. The van der Waals surface area contributed by atoms with Gasteiger partial charge >= 0.3 is 5.97 Å². The van der Waals surface area contributed by atoms with Gasteiger partial charge in [0.1, 0.15) is 18.0 Å². The molecule has 0 aliphatic heterocycles. The molecule has 7 nitrogen and oxygen atoms in total. The Hall–Kier alpha value is -2.07. The maximum absolute atomic E-state index is 14.1. The van der Waals surface area contributed by atoms with Gasteiger partial charge in [0.25, 0.3) is 0 Å². The average Bonchev–Trinajstić information content (AvgIpc) is 3.00. The van der Waals surface area contributed by atoms with Crippen molar-refractivity contribution in [3.05, 3.63) is 48.1 Å². The number of rotatable bonds is 7. The zero-order valence-corrected chi connectivity index (χ0v) is 14.5. The van der Waals surface area contributed by atoms with Gasteiger partial charge in [-0.15, -0.1) is 5.10 Å². The molecule has 0 unspecified atom stereocenters. The van der Waals surface area contributed by atoms with E-state index < -0.39 is 37.8 Å². The highest BCUT2D eigenvalue weighted by atomic mass is 35.7. The van der Waals surface area contributed by atoms with Crippen LogP contribution in [0.2, 0.25) is 0 Å². The van der Waals surface area contributed by atoms with Crippen molar-refractivity contribution in [1.29, 1.82) is 0 Å². The third kappa shape index (κ3) is 5.20. The monoisotopic (exact) mass is 393 g/mol. The van der Waals surface area contributed by atoms with Crippen LogP contribution >= 0.6 is 10.7 Å². The lowest BCUT2D eigenvalue weighted by atomic mass is 9.93. The molecule has 1 aromatic carbocycles. The number of hydrogen-bond acceptors (Lipinski definition) is 6. The predicted octanol–water partition coefficient (Wildman–Crippen LogP) is 2.03. The largest absolute Gasteiger partial charge is 0.342 e. The smallest absolute Gasteiger partial charge is 0.317 e. The number of benzene rings is 1. The van der Waals surface area contributed by atoms with E-state index in [2.05, 4.69) is 10.1 Å². The summed E-state index contributed by atoms with van der Waals surface area (Å²) in [5, 5.41) is 2.64. The van der Waals surface area contributed by atoms with E-state index in [0.29, 0.717) is 6.07 Å². The van der Waals surface area contributed by atoms with Crippen molar-refractivity contribution in [2.75, 3.05) is 0 Å². The summed E-state index contributed by atoms with van der Waals surface area (Å²) < 4.78 is 49.8. The van der Waals surface area contributed by atoms with E-state index in [1.54, 1.807) is 0 Å². The van der Waals surface area contributed by atoms with Gasteiger partial charge in [-0.25, -0.2) is 27.0 Å². The minimum absolute atomic E-state index is 0.0280. The molecule has 1 aromatic heterocycles. The summed E-state index contributed by atoms with van der Waals surface area (Å²) in [6.07, 6.45) is 2.13. The van der Waals surface area contributed by atoms with Crippen molar-refractivity contribution in [2.24, 2.45) is 0 Å². The first-order chi connectivity index (χ1) is 11.7. The zero-order chi connectivity index (χ0) is 18.6. The molecule has 0 bridgehead atoms. The Kier molecular flexibility index (Phi) is 6.07. The third-order valence-electron chi connectivity index (χ3n) is 3.55. The molecule has 0 saturated heterocycles. The maximum Gasteiger partial charge on any atom is 0.342 e. The molecule has 136 valence electrons. The van der Waals surface area contributed by atoms with Crippen LogP contribution in [0.25, 0.3) is 0 Å². The SMILES string of the molecule is C[C@H](CC[C@@H](C(=O)On1cncn1)c1ccc(F)cc1F)S(=O)(=O)Cl. The molecular formula is C14H14ClF2N3O4S. The summed E-state index contributed by atoms with van der Waals surface area (Å²) >= 11 is 0. The molecule has 0 N–H and O–H groups in total. The van der Waals surface area contributed by atoms with Crippen molar-refractivity contribution in [2.45, 2.75) is 30.9 Å². The Labute approximate surface area is 146 Å². The molecule has 0 saturated carbocycles. The molecule has 0 fully saturated rings. The standard InChI is InChI=1S/C14H14ClF2N3O4S/c1-9(25(15,22)23)2-4-12(11-5-3-10(16)6-13(11)17)14(21)24-20-8-18-7-19-20/h3,5-9,12H,2,4H2,1H3/t9-,12-/m1/s1. The van der Waals surface area contributed by atoms with E-state index in [1.807, 2.05) is 0 Å². The van der Waals surface area contributed by atoms with Crippen LogP contribution in [0.4, 0.5) is 8.78 Å². The van der Waals surface area contributed by atoms with Crippen LogP contribution in [0, 0.1) is 11.6 Å². The Bertz CT molecular complexity index is 846. The summed E-state index contributed by atoms with van der Waals surface area (Å²) in [4.78, 5) is 21.7. The van der Waals surface area contributed by atoms with Crippen LogP contribution < -0.4 is 4.84 Å². The lowest BCUT2D eigenvalue weighted by Crippen LogP contribution is -2.28. The van der Waals surface area contributed by atoms with Crippen LogP contribution in [-0.4, -0.2) is 34.6 Å². The first-order valence-corrected chi connectivity index (χ1v) is 9.51. The minimum atomic E-state index is -3.83. The van der Waals surface area contributed by atoms with Gasteiger partial charge < -0.3 is 4.84 Å². The third-order valence-corrected chi connectivity index (χ3v) is 5.66. The number of carbonyl (C=O) groups excluding carboxylic acids is 1. The molecule has 0 radical (unpaired) electrons. The van der Waals surface area contributed by atoms with Gasteiger partial charge in [0, 0.05) is 22.3 Å². The molecule has 0 amide bonds. The van der Waals surface area contributed by atoms with Crippen LogP contribution in [-0.2, 0) is 13.8 Å². The molecule has 0 spiro atoms. The summed E-state index contributed by atoms with van der Waals surface area (Å²) in [6.45, 7) is 1.36. The van der Waals surface area contributed by atoms with Crippen molar-refractivity contribution in [3.63, 3.8) is 0 Å². The summed E-state index contributed by atoms with van der Waals surface area (Å²) in [7, 11) is 1.44. The second-order valence-electron chi connectivity index (χ2n) is 5.29. The second-order valence-corrected chi connectivity index (χ2v) is 8.34. The van der Waals surface area contributed by atoms with Gasteiger partial charge in [0.15, 0.2) is 6.33 Å². The topological polar surface area (TPSA) is 91.2 Å². The van der Waals surface area contributed by atoms with Gasteiger partial charge in [-0.05, 0) is 25.8 Å². The van der Waals surface area contributed by atoms with Crippen LogP contribution in [0.3, 0.4) is 0 Å². The Morgan fingerprint density at radius 2 is 2.08 bits per heavy atom. The molecule has 11 heteroatoms. The Morgan fingerprint density at radius 1 is 1.36 bits per heavy atom. The highest BCUT2D eigenvalue weighted by Gasteiger charge is 2.29. The molecule has 2 rings (SSSR count). The lowest BCUT2D eigenvalue weighted by molar-refractivity contribution is -0.148. The maximum atomic E-state index is 14.1. The molecular weight excluding hydrogens is 380 g/mol. The predicted molar refractivity (Wildman–Crippen MR) is 84.2 cm³/mol. The van der Waals surface area contributed by atoms with E-state index in [4.69, 9.17) is 15.5 Å². The first-order valence-electron chi connectivity index (χ1n) is 7.13. The van der Waals surface area contributed by atoms with Gasteiger partial charge in [0.05, 0.1) is 11.2 Å². The lowest BCUT2D eigenvalue weighted by Gasteiger charge is -2.17. The molecule has 2 aromatic rings. The van der Waals surface area contributed by atoms with Crippen LogP contribution in [0.15, 0.2) is 30.9 Å². The fourth-order valence-corrected chi connectivity index (χ4v) is 2.81. The van der Waals surface area contributed by atoms with Gasteiger partial charge in [0.2, 0.25) is 9.05 Å². The van der Waals surface area contributed by atoms with E-state index in [1.165, 1.54) is 6.92 Å². The summed E-state index contributed by atoms with van der Waals surface area (Å²) in [6, 6.07) is 2.74. The highest BCUT2D eigenvalue weighted by molar-refractivity contribution is 8.14. The van der Waals surface area contributed by atoms with Crippen LogP contribution in [0.5, 0.6) is 0 Å². The van der Waals surface area contributed by atoms with E-state index in [-0.39, 0.29) is 18.4 Å². The second kappa shape index (κ2) is 7.87. The molecule has 0 aliphatic carbocycles. The molecule has 25 heavy (non-hydrogen) atoms. The number of aromatic nitrogens is 3. The molecule has 0 aliphatic rings. The molecule has 2 atom stereocenters. The number of hydrogen-bond donors (Lipinski definition) is 0. The fraction of sp³-hybridized carbons (Fsp3) is 0.357. The Morgan fingerprint density at radius 3 is 2.64 bits per heavy atom. The zero-order valence-electron chi connectivity index (χ0n) is 13.0. The van der Waals surface area contributed by atoms with E-state index in [0.717, 1.165) is 29.6 Å². The van der Waals surface area contributed by atoms with Gasteiger partial charge in [-0.3, -0.25) is 0 Å².